The van der Waals surface area contributed by atoms with Crippen molar-refractivity contribution in [2.75, 3.05) is 28.7 Å². The molecule has 1 heterocycles. The molecule has 0 saturated carbocycles. The van der Waals surface area contributed by atoms with E-state index in [0.717, 1.165) is 0 Å². The molecule has 6 aromatic rings. The van der Waals surface area contributed by atoms with E-state index in [1.807, 2.05) is 0 Å². The Morgan fingerprint density at radius 1 is 0.478 bits per heavy atom. The van der Waals surface area contributed by atoms with E-state index in [2.05, 4.69) is 0 Å². The summed E-state index contributed by atoms with van der Waals surface area (Å²) in [4.78, 5) is 12.9. The lowest BCUT2D eigenvalue weighted by molar-refractivity contribution is 0.229. The molecule has 234 valence electrons. The Bertz CT molecular complexity index is 1920. The summed E-state index contributed by atoms with van der Waals surface area (Å²) in [5.74, 6) is 1.74. The molecule has 0 fully saturated rings. The van der Waals surface area contributed by atoms with Gasteiger partial charge in [-0.3, -0.25) is 0 Å². The maximum absolute atomic E-state index is 6.64. The van der Waals surface area contributed by atoms with Crippen molar-refractivity contribution in [2.24, 2.45) is 0 Å². The molecule has 0 aliphatic heterocycles. The van der Waals surface area contributed by atoms with Crippen LogP contribution in [0.4, 0.5) is 28.4 Å². The summed E-state index contributed by atoms with van der Waals surface area (Å²) in [6, 6.07) is 35.1. The quantitative estimate of drug-likeness (QED) is 0.0922. The van der Waals surface area contributed by atoms with Crippen molar-refractivity contribution >= 4 is 52.7 Å². The Morgan fingerprint density at radius 3 is 1.35 bits per heavy atom. The largest absolute Gasteiger partial charge is 0.442 e. The van der Waals surface area contributed by atoms with E-state index in [-0.39, 0.29) is 0 Å². The minimum absolute atomic E-state index is 0.325. The van der Waals surface area contributed by atoms with Gasteiger partial charge >= 0.3 is 24.2 Å². The molecule has 16 heteroatoms. The molecule has 0 saturated heterocycles. The summed E-state index contributed by atoms with van der Waals surface area (Å²) in [7, 11) is -6.37. The summed E-state index contributed by atoms with van der Waals surface area (Å²) >= 11 is 0. The fourth-order valence-corrected chi connectivity index (χ4v) is 10.1. The van der Waals surface area contributed by atoms with Crippen LogP contribution in [0.25, 0.3) is 0 Å². The van der Waals surface area contributed by atoms with Gasteiger partial charge in [-0.1, -0.05) is 60.7 Å². The number of hydrogen-bond acceptors (Lipinski definition) is 11. The maximum Gasteiger partial charge on any atom is 0.442 e. The molecule has 1 aromatic heterocycles. The molecule has 10 N–H and O–H groups in total. The van der Waals surface area contributed by atoms with E-state index in [1.165, 1.54) is 8.51 Å². The third-order valence-electron chi connectivity index (χ3n) is 6.23. The lowest BCUT2D eigenvalue weighted by Gasteiger charge is -2.18. The second-order valence-corrected chi connectivity index (χ2v) is 14.4. The number of nitrogens with two attached hydrogens (primary N) is 5. The van der Waals surface area contributed by atoms with Gasteiger partial charge in [-0.25, -0.2) is 0 Å². The van der Waals surface area contributed by atoms with Crippen LogP contribution in [0.5, 0.6) is 28.7 Å². The molecule has 2 atom stereocenters. The normalized spacial score (nSPS) is 11.8. The summed E-state index contributed by atoms with van der Waals surface area (Å²) < 4.78 is 27.5. The number of anilines is 5. The summed E-state index contributed by atoms with van der Waals surface area (Å²) in [6.07, 6.45) is 0. The molecule has 0 aliphatic carbocycles. The minimum Gasteiger partial charge on any atom is -0.396 e. The highest BCUT2D eigenvalue weighted by Gasteiger charge is 2.36. The molecule has 0 bridgehead atoms. The lowest BCUT2D eigenvalue weighted by Crippen LogP contribution is -2.18. The van der Waals surface area contributed by atoms with E-state index in [9.17, 15) is 0 Å². The van der Waals surface area contributed by atoms with Gasteiger partial charge in [-0.05, 0) is 60.7 Å². The third kappa shape index (κ3) is 6.72. The van der Waals surface area contributed by atoms with Gasteiger partial charge in [-0.15, -0.1) is 0 Å². The number of nitrogen functional groups attached to an aromatic ring is 5. The van der Waals surface area contributed by atoms with Crippen molar-refractivity contribution in [2.45, 2.75) is 0 Å². The molecular weight excluding hydrogens is 645 g/mol. The predicted molar refractivity (Wildman–Crippen MR) is 185 cm³/mol. The number of nitrogens with zero attached hydrogens (tertiary/aromatic N) is 3. The third-order valence-corrected chi connectivity index (χ3v) is 11.9. The SMILES string of the molecule is Nc1ccccc1On1p(Oc2ccccc2N)n[p+](Oc2ccccc2N)n(Oc2ccccc2N)p1Oc1ccccc1N. The van der Waals surface area contributed by atoms with Gasteiger partial charge in [0.05, 0.1) is 36.9 Å². The van der Waals surface area contributed by atoms with Crippen molar-refractivity contribution in [1.29, 1.82) is 0 Å². The highest BCUT2D eigenvalue weighted by Crippen LogP contribution is 2.49. The molecule has 13 nitrogen and oxygen atoms in total. The van der Waals surface area contributed by atoms with Crippen molar-refractivity contribution in [1.82, 2.24) is 13.0 Å². The molecule has 0 amide bonds. The second-order valence-electron chi connectivity index (χ2n) is 9.50. The van der Waals surface area contributed by atoms with Crippen LogP contribution in [-0.2, 0) is 0 Å². The zero-order valence-electron chi connectivity index (χ0n) is 24.2. The molecule has 0 aliphatic rings. The first-order valence-corrected chi connectivity index (χ1v) is 17.2. The van der Waals surface area contributed by atoms with Gasteiger partial charge in [-0.2, -0.15) is 0 Å². The molecular formula is C30H30N8O5P3+. The van der Waals surface area contributed by atoms with Gasteiger partial charge in [0.15, 0.2) is 28.7 Å². The van der Waals surface area contributed by atoms with E-state index in [1.54, 1.807) is 121 Å². The van der Waals surface area contributed by atoms with Crippen molar-refractivity contribution in [3.05, 3.63) is 121 Å². The fraction of sp³-hybridized carbons (Fsp3) is 0. The first kappa shape index (κ1) is 30.4. The van der Waals surface area contributed by atoms with E-state index >= 15 is 0 Å². The molecule has 6 rings (SSSR count). The number of hydrogen-bond donors (Lipinski definition) is 5. The smallest absolute Gasteiger partial charge is 0.396 e. The first-order valence-electron chi connectivity index (χ1n) is 13.7. The Labute approximate surface area is 267 Å². The Balaban J connectivity index is 1.65. The van der Waals surface area contributed by atoms with Crippen LogP contribution in [0.3, 0.4) is 0 Å². The second kappa shape index (κ2) is 13.6. The maximum atomic E-state index is 6.64. The number of para-hydroxylation sites is 10. The van der Waals surface area contributed by atoms with E-state index < -0.39 is 24.2 Å². The topological polar surface area (TPSA) is 199 Å². The summed E-state index contributed by atoms with van der Waals surface area (Å²) in [5.41, 5.74) is 33.5. The molecule has 5 aromatic carbocycles. The van der Waals surface area contributed by atoms with Crippen molar-refractivity contribution in [3.63, 3.8) is 0 Å². The van der Waals surface area contributed by atoms with Gasteiger partial charge in [0.25, 0.3) is 0 Å². The summed E-state index contributed by atoms with van der Waals surface area (Å²) in [5, 5.41) is 0. The Hall–Kier alpha value is -5.60. The average Bonchev–Trinajstić information content (AvgIpc) is 3.05. The highest BCUT2D eigenvalue weighted by molar-refractivity contribution is 7.59. The average molecular weight is 676 g/mol. The standard InChI is InChI=1S/C30H30N8O5P3/c31-21-11-1-6-16-26(21)39-37-44(41-28-18-8-3-13-23(28)33)36-45(42-29-19-9-4-14-24(29)34)38(40-27-17-7-2-12-22(27)32)46(37)43-30-20-10-5-15-25(30)35/h1-20H,31-35H2/q+1. The van der Waals surface area contributed by atoms with Crippen LogP contribution in [0, 0.1) is 0 Å². The molecule has 0 radical (unpaired) electrons. The number of rotatable bonds is 10. The van der Waals surface area contributed by atoms with Crippen LogP contribution in [-0.4, -0.2) is 13.0 Å². The highest BCUT2D eigenvalue weighted by atomic mass is 31.2. The Morgan fingerprint density at radius 2 is 0.870 bits per heavy atom. The van der Waals surface area contributed by atoms with Gasteiger partial charge in [0.2, 0.25) is 0 Å². The van der Waals surface area contributed by atoms with Crippen molar-refractivity contribution in [3.8, 4) is 28.7 Å². The van der Waals surface area contributed by atoms with Crippen LogP contribution >= 0.6 is 24.2 Å². The predicted octanol–water partition coefficient (Wildman–Crippen LogP) is 7.17. The summed E-state index contributed by atoms with van der Waals surface area (Å²) in [6.45, 7) is 0. The van der Waals surface area contributed by atoms with Gasteiger partial charge < -0.3 is 51.9 Å². The van der Waals surface area contributed by atoms with E-state index in [4.69, 9.17) is 56.4 Å². The fourth-order valence-electron chi connectivity index (χ4n) is 3.90. The van der Waals surface area contributed by atoms with Crippen LogP contribution in [0.1, 0.15) is 0 Å². The number of benzene rings is 5. The lowest BCUT2D eigenvalue weighted by atomic mass is 10.3. The molecule has 46 heavy (non-hydrogen) atoms. The van der Waals surface area contributed by atoms with Crippen LogP contribution < -0.4 is 51.9 Å². The zero-order chi connectivity index (χ0) is 32.0. The minimum atomic E-state index is -2.19. The zero-order valence-corrected chi connectivity index (χ0v) is 26.8. The van der Waals surface area contributed by atoms with Crippen molar-refractivity contribution < 1.29 is 23.2 Å². The van der Waals surface area contributed by atoms with Crippen LogP contribution in [0.2, 0.25) is 0 Å². The van der Waals surface area contributed by atoms with Crippen LogP contribution in [0.15, 0.2) is 121 Å². The monoisotopic (exact) mass is 675 g/mol. The Kier molecular flexibility index (Phi) is 8.98. The first-order chi connectivity index (χ1) is 22.4. The molecule has 2 unspecified atom stereocenters. The van der Waals surface area contributed by atoms with Gasteiger partial charge in [0, 0.05) is 4.51 Å². The van der Waals surface area contributed by atoms with E-state index in [0.29, 0.717) is 57.2 Å². The van der Waals surface area contributed by atoms with Gasteiger partial charge in [0.1, 0.15) is 0 Å². The number of aromatic nitrogens is 3. The molecule has 0 spiro atoms.